The van der Waals surface area contributed by atoms with Gasteiger partial charge in [-0.05, 0) is 76.0 Å². The van der Waals surface area contributed by atoms with Crippen molar-refractivity contribution in [2.45, 2.75) is 32.2 Å². The van der Waals surface area contributed by atoms with Gasteiger partial charge in [0, 0.05) is 31.4 Å². The van der Waals surface area contributed by atoms with E-state index in [1.165, 1.54) is 44.6 Å². The highest BCUT2D eigenvalue weighted by molar-refractivity contribution is 5.68. The molecule has 2 heterocycles. The maximum Gasteiger partial charge on any atom is 0.341 e. The number of rotatable bonds is 7. The maximum atomic E-state index is 10.6. The van der Waals surface area contributed by atoms with Crippen molar-refractivity contribution < 1.29 is 14.6 Å². The molecule has 0 aromatic heterocycles. The molecule has 2 N–H and O–H groups in total. The summed E-state index contributed by atoms with van der Waals surface area (Å²) in [6.45, 7) is 8.79. The molecule has 0 saturated carbocycles. The number of piperazine rings is 1. The zero-order valence-electron chi connectivity index (χ0n) is 15.7. The summed E-state index contributed by atoms with van der Waals surface area (Å²) in [5.41, 5.74) is 1.18. The molecule has 0 spiro atoms. The van der Waals surface area contributed by atoms with Crippen LogP contribution in [0.1, 0.15) is 26.2 Å². The van der Waals surface area contributed by atoms with E-state index in [2.05, 4.69) is 22.0 Å². The number of piperidine rings is 1. The molecular weight excluding hydrogens is 330 g/mol. The van der Waals surface area contributed by atoms with E-state index in [-0.39, 0.29) is 6.61 Å². The van der Waals surface area contributed by atoms with Gasteiger partial charge >= 0.3 is 5.97 Å². The van der Waals surface area contributed by atoms with E-state index in [9.17, 15) is 4.79 Å². The Balaban J connectivity index is 1.46. The van der Waals surface area contributed by atoms with Crippen molar-refractivity contribution in [3.63, 3.8) is 0 Å². The summed E-state index contributed by atoms with van der Waals surface area (Å²) in [6, 6.07) is 8.24. The molecule has 144 valence electrons. The predicted molar refractivity (Wildman–Crippen MR) is 103 cm³/mol. The number of aliphatic carboxylic acids is 1. The molecule has 3 rings (SSSR count). The molecule has 2 saturated heterocycles. The van der Waals surface area contributed by atoms with E-state index >= 15 is 0 Å². The predicted octanol–water partition coefficient (Wildman–Crippen LogP) is 2.05. The average molecular weight is 361 g/mol. The van der Waals surface area contributed by atoms with Crippen molar-refractivity contribution in [2.24, 2.45) is 5.92 Å². The first-order valence-electron chi connectivity index (χ1n) is 9.76. The van der Waals surface area contributed by atoms with Crippen LogP contribution in [0.3, 0.4) is 0 Å². The molecule has 2 fully saturated rings. The Bertz CT molecular complexity index is 572. The first kappa shape index (κ1) is 19.0. The average Bonchev–Trinajstić information content (AvgIpc) is 2.66. The van der Waals surface area contributed by atoms with Crippen LogP contribution in [0.5, 0.6) is 5.75 Å². The number of hydrogen-bond donors (Lipinski definition) is 2. The number of nitrogens with zero attached hydrogens (tertiary/aromatic N) is 2. The van der Waals surface area contributed by atoms with Gasteiger partial charge < -0.3 is 20.1 Å². The van der Waals surface area contributed by atoms with Crippen molar-refractivity contribution in [1.29, 1.82) is 0 Å². The highest BCUT2D eigenvalue weighted by atomic mass is 16.5. The second-order valence-corrected chi connectivity index (χ2v) is 7.50. The van der Waals surface area contributed by atoms with Gasteiger partial charge in [0.15, 0.2) is 6.61 Å². The minimum atomic E-state index is -0.955. The Morgan fingerprint density at radius 1 is 1.23 bits per heavy atom. The lowest BCUT2D eigenvalue weighted by atomic mass is 9.94. The van der Waals surface area contributed by atoms with Gasteiger partial charge in [-0.1, -0.05) is 0 Å². The summed E-state index contributed by atoms with van der Waals surface area (Å²) in [5, 5.41) is 12.1. The Morgan fingerprint density at radius 2 is 1.96 bits per heavy atom. The number of hydrogen-bond acceptors (Lipinski definition) is 5. The van der Waals surface area contributed by atoms with Crippen LogP contribution in [-0.4, -0.2) is 67.9 Å². The molecule has 6 heteroatoms. The molecule has 6 nitrogen and oxygen atoms in total. The first-order chi connectivity index (χ1) is 12.6. The normalized spacial score (nSPS) is 22.3. The molecule has 0 bridgehead atoms. The molecule has 1 atom stereocenters. The van der Waals surface area contributed by atoms with Crippen LogP contribution in [0, 0.1) is 5.92 Å². The van der Waals surface area contributed by atoms with Crippen LogP contribution >= 0.6 is 0 Å². The number of benzene rings is 1. The third-order valence-electron chi connectivity index (χ3n) is 5.55. The summed E-state index contributed by atoms with van der Waals surface area (Å²) < 4.78 is 5.21. The number of carboxylic acids is 1. The molecule has 26 heavy (non-hydrogen) atoms. The van der Waals surface area contributed by atoms with E-state index in [0.717, 1.165) is 25.6 Å². The summed E-state index contributed by atoms with van der Waals surface area (Å²) >= 11 is 0. The van der Waals surface area contributed by atoms with E-state index in [1.54, 1.807) is 0 Å². The molecule has 0 radical (unpaired) electrons. The fourth-order valence-electron chi connectivity index (χ4n) is 4.03. The molecule has 1 aromatic rings. The van der Waals surface area contributed by atoms with Crippen LogP contribution < -0.4 is 15.0 Å². The number of carbonyl (C=O) groups is 1. The van der Waals surface area contributed by atoms with Crippen LogP contribution in [0.2, 0.25) is 0 Å². The third kappa shape index (κ3) is 5.35. The number of carboxylic acid groups (broad SMARTS) is 1. The summed E-state index contributed by atoms with van der Waals surface area (Å²) in [6.07, 6.45) is 3.97. The van der Waals surface area contributed by atoms with Crippen LogP contribution in [0.4, 0.5) is 5.69 Å². The van der Waals surface area contributed by atoms with Gasteiger partial charge in [-0.15, -0.1) is 0 Å². The van der Waals surface area contributed by atoms with Gasteiger partial charge in [-0.3, -0.25) is 4.90 Å². The van der Waals surface area contributed by atoms with E-state index < -0.39 is 5.97 Å². The van der Waals surface area contributed by atoms with Crippen LogP contribution in [0.25, 0.3) is 0 Å². The van der Waals surface area contributed by atoms with Gasteiger partial charge in [0.25, 0.3) is 0 Å². The molecular formula is C20H31N3O3. The monoisotopic (exact) mass is 361 g/mol. The van der Waals surface area contributed by atoms with Crippen molar-refractivity contribution in [2.75, 3.05) is 50.8 Å². The molecule has 1 aromatic carbocycles. The molecule has 2 aliphatic heterocycles. The lowest BCUT2D eigenvalue weighted by Crippen LogP contribution is -2.52. The minimum absolute atomic E-state index is 0.300. The summed E-state index contributed by atoms with van der Waals surface area (Å²) in [7, 11) is 0. The largest absolute Gasteiger partial charge is 0.482 e. The van der Waals surface area contributed by atoms with Crippen molar-refractivity contribution in [3.8, 4) is 5.75 Å². The summed E-state index contributed by atoms with van der Waals surface area (Å²) in [5.74, 6) is 0.538. The first-order valence-corrected chi connectivity index (χ1v) is 9.76. The van der Waals surface area contributed by atoms with Crippen molar-refractivity contribution >= 4 is 11.7 Å². The van der Waals surface area contributed by atoms with Crippen LogP contribution in [-0.2, 0) is 4.79 Å². The smallest absolute Gasteiger partial charge is 0.341 e. The van der Waals surface area contributed by atoms with Crippen molar-refractivity contribution in [1.82, 2.24) is 10.2 Å². The second kappa shape index (κ2) is 9.24. The lowest BCUT2D eigenvalue weighted by molar-refractivity contribution is -0.139. The molecule has 1 unspecified atom stereocenters. The quantitative estimate of drug-likeness (QED) is 0.775. The Morgan fingerprint density at radius 3 is 2.62 bits per heavy atom. The highest BCUT2D eigenvalue weighted by Gasteiger charge is 2.24. The van der Waals surface area contributed by atoms with Crippen molar-refractivity contribution in [3.05, 3.63) is 24.3 Å². The number of ether oxygens (including phenoxy) is 1. The second-order valence-electron chi connectivity index (χ2n) is 7.50. The molecule has 2 aliphatic rings. The Hall–Kier alpha value is -1.79. The highest BCUT2D eigenvalue weighted by Crippen LogP contribution is 2.24. The number of anilines is 1. The molecule has 0 amide bonds. The SMILES string of the molecule is CC1CN(CCC2CCNCC2)CCN1c1ccc(OCC(=O)O)cc1. The van der Waals surface area contributed by atoms with Gasteiger partial charge in [-0.2, -0.15) is 0 Å². The van der Waals surface area contributed by atoms with Gasteiger partial charge in [0.05, 0.1) is 0 Å². The maximum absolute atomic E-state index is 10.6. The van der Waals surface area contributed by atoms with E-state index in [0.29, 0.717) is 11.8 Å². The standard InChI is InChI=1S/C20H31N3O3/c1-16-14-22(11-8-17-6-9-21-10-7-17)12-13-23(16)18-2-4-19(5-3-18)26-15-20(24)25/h2-5,16-17,21H,6-15H2,1H3,(H,24,25). The number of nitrogens with one attached hydrogen (secondary N) is 1. The summed E-state index contributed by atoms with van der Waals surface area (Å²) in [4.78, 5) is 15.6. The zero-order chi connectivity index (χ0) is 18.4. The Kier molecular flexibility index (Phi) is 6.74. The zero-order valence-corrected chi connectivity index (χ0v) is 15.7. The minimum Gasteiger partial charge on any atom is -0.482 e. The lowest BCUT2D eigenvalue weighted by Gasteiger charge is -2.42. The Labute approximate surface area is 156 Å². The fraction of sp³-hybridized carbons (Fsp3) is 0.650. The van der Waals surface area contributed by atoms with Crippen LogP contribution in [0.15, 0.2) is 24.3 Å². The van der Waals surface area contributed by atoms with Gasteiger partial charge in [0.1, 0.15) is 5.75 Å². The topological polar surface area (TPSA) is 65.0 Å². The third-order valence-corrected chi connectivity index (χ3v) is 5.55. The van der Waals surface area contributed by atoms with Gasteiger partial charge in [-0.25, -0.2) is 4.79 Å². The van der Waals surface area contributed by atoms with Gasteiger partial charge in [0.2, 0.25) is 0 Å². The molecule has 0 aliphatic carbocycles. The van der Waals surface area contributed by atoms with E-state index in [4.69, 9.17) is 9.84 Å². The fourth-order valence-corrected chi connectivity index (χ4v) is 4.03. The van der Waals surface area contributed by atoms with E-state index in [1.807, 2.05) is 24.3 Å².